The van der Waals surface area contributed by atoms with Crippen molar-refractivity contribution in [3.63, 3.8) is 0 Å². The summed E-state index contributed by atoms with van der Waals surface area (Å²) in [5.41, 5.74) is 3.44. The zero-order chi connectivity index (χ0) is 15.4. The molecule has 22 heavy (non-hydrogen) atoms. The lowest BCUT2D eigenvalue weighted by Gasteiger charge is -2.03. The maximum Gasteiger partial charge on any atom is 0.338 e. The third-order valence-electron chi connectivity index (χ3n) is 3.19. The summed E-state index contributed by atoms with van der Waals surface area (Å²) in [6, 6.07) is 17.4. The molecule has 0 atom stereocenters. The van der Waals surface area contributed by atoms with Crippen LogP contribution < -0.4 is 0 Å². The molecule has 110 valence electrons. The maximum absolute atomic E-state index is 11.8. The molecule has 0 aliphatic rings. The summed E-state index contributed by atoms with van der Waals surface area (Å²) in [4.78, 5) is 16.5. The molecule has 0 aliphatic heterocycles. The molecular formula is C18H15NO2S. The topological polar surface area (TPSA) is 39.2 Å². The van der Waals surface area contributed by atoms with Crippen molar-refractivity contribution in [2.45, 2.75) is 6.92 Å². The Morgan fingerprint density at radius 2 is 1.86 bits per heavy atom. The number of aromatic nitrogens is 1. The molecule has 0 amide bonds. The second kappa shape index (κ2) is 6.54. The third kappa shape index (κ3) is 3.07. The Bertz CT molecular complexity index is 781. The van der Waals surface area contributed by atoms with Crippen molar-refractivity contribution in [3.05, 3.63) is 65.5 Å². The van der Waals surface area contributed by atoms with Crippen molar-refractivity contribution >= 4 is 17.3 Å². The quantitative estimate of drug-likeness (QED) is 0.658. The summed E-state index contributed by atoms with van der Waals surface area (Å²) in [6.45, 7) is 2.17. The number of carbonyl (C=O) groups excluding carboxylic acids is 1. The molecule has 1 heterocycles. The van der Waals surface area contributed by atoms with E-state index in [0.717, 1.165) is 21.8 Å². The number of benzene rings is 2. The predicted octanol–water partition coefficient (Wildman–Crippen LogP) is 4.65. The van der Waals surface area contributed by atoms with E-state index in [2.05, 4.69) is 4.98 Å². The predicted molar refractivity (Wildman–Crippen MR) is 88.9 cm³/mol. The molecular weight excluding hydrogens is 294 g/mol. The maximum atomic E-state index is 11.8. The third-order valence-corrected chi connectivity index (χ3v) is 4.09. The van der Waals surface area contributed by atoms with Crippen molar-refractivity contribution in [3.8, 4) is 21.8 Å². The number of thiazole rings is 1. The molecule has 3 rings (SSSR count). The Hall–Kier alpha value is -2.46. The number of ether oxygens (including phenoxy) is 1. The van der Waals surface area contributed by atoms with E-state index in [0.29, 0.717) is 12.2 Å². The smallest absolute Gasteiger partial charge is 0.338 e. The van der Waals surface area contributed by atoms with Crippen LogP contribution in [0.25, 0.3) is 21.8 Å². The molecule has 2 aromatic carbocycles. The molecule has 3 nitrogen and oxygen atoms in total. The summed E-state index contributed by atoms with van der Waals surface area (Å²) in [5, 5.41) is 2.98. The van der Waals surface area contributed by atoms with E-state index in [1.807, 2.05) is 53.9 Å². The van der Waals surface area contributed by atoms with Crippen molar-refractivity contribution in [1.29, 1.82) is 0 Å². The highest BCUT2D eigenvalue weighted by Crippen LogP contribution is 2.29. The van der Waals surface area contributed by atoms with E-state index in [1.54, 1.807) is 24.3 Å². The monoisotopic (exact) mass is 309 g/mol. The zero-order valence-electron chi connectivity index (χ0n) is 12.2. The van der Waals surface area contributed by atoms with Gasteiger partial charge >= 0.3 is 5.97 Å². The SMILES string of the molecule is CCOC(=O)c1cccc(-c2csc(-c3ccccc3)n2)c1. The normalized spacial score (nSPS) is 10.4. The van der Waals surface area contributed by atoms with Crippen LogP contribution in [-0.4, -0.2) is 17.6 Å². The van der Waals surface area contributed by atoms with Crippen LogP contribution >= 0.6 is 11.3 Å². The average Bonchev–Trinajstić information content (AvgIpc) is 3.06. The van der Waals surface area contributed by atoms with Crippen molar-refractivity contribution in [1.82, 2.24) is 4.98 Å². The summed E-state index contributed by atoms with van der Waals surface area (Å²) in [7, 11) is 0. The van der Waals surface area contributed by atoms with Gasteiger partial charge in [-0.25, -0.2) is 9.78 Å². The van der Waals surface area contributed by atoms with Gasteiger partial charge in [-0.1, -0.05) is 42.5 Å². The van der Waals surface area contributed by atoms with Gasteiger partial charge in [0.25, 0.3) is 0 Å². The minimum atomic E-state index is -0.303. The molecule has 0 fully saturated rings. The van der Waals surface area contributed by atoms with Gasteiger partial charge in [0.2, 0.25) is 0 Å². The van der Waals surface area contributed by atoms with E-state index in [-0.39, 0.29) is 5.97 Å². The number of hydrogen-bond donors (Lipinski definition) is 0. The van der Waals surface area contributed by atoms with Crippen LogP contribution in [0.4, 0.5) is 0 Å². The standard InChI is InChI=1S/C18H15NO2S/c1-2-21-18(20)15-10-6-9-14(11-15)16-12-22-17(19-16)13-7-4-3-5-8-13/h3-12H,2H2,1H3. The molecule has 1 aromatic heterocycles. The second-order valence-electron chi connectivity index (χ2n) is 4.71. The summed E-state index contributed by atoms with van der Waals surface area (Å²) >= 11 is 1.59. The molecule has 0 spiro atoms. The van der Waals surface area contributed by atoms with E-state index >= 15 is 0 Å². The number of rotatable bonds is 4. The number of hydrogen-bond acceptors (Lipinski definition) is 4. The van der Waals surface area contributed by atoms with Crippen LogP contribution in [-0.2, 0) is 4.74 Å². The molecule has 0 radical (unpaired) electrons. The fraction of sp³-hybridized carbons (Fsp3) is 0.111. The first kappa shape index (κ1) is 14.5. The van der Waals surface area contributed by atoms with Crippen LogP contribution in [0, 0.1) is 0 Å². The lowest BCUT2D eigenvalue weighted by Crippen LogP contribution is -2.04. The Kier molecular flexibility index (Phi) is 4.30. The number of esters is 1. The number of nitrogens with zero attached hydrogens (tertiary/aromatic N) is 1. The Labute approximate surface area is 133 Å². The van der Waals surface area contributed by atoms with Crippen molar-refractivity contribution in [2.24, 2.45) is 0 Å². The van der Waals surface area contributed by atoms with Crippen LogP contribution in [0.1, 0.15) is 17.3 Å². The number of carbonyl (C=O) groups is 1. The van der Waals surface area contributed by atoms with Gasteiger partial charge < -0.3 is 4.74 Å². The minimum absolute atomic E-state index is 0.303. The summed E-state index contributed by atoms with van der Waals surface area (Å²) in [6.07, 6.45) is 0. The van der Waals surface area contributed by atoms with E-state index < -0.39 is 0 Å². The first-order valence-corrected chi connectivity index (χ1v) is 7.94. The molecule has 3 aromatic rings. The van der Waals surface area contributed by atoms with Gasteiger partial charge in [0, 0.05) is 16.5 Å². The van der Waals surface area contributed by atoms with E-state index in [1.165, 1.54) is 0 Å². The molecule has 0 bridgehead atoms. The highest BCUT2D eigenvalue weighted by Gasteiger charge is 2.10. The Morgan fingerprint density at radius 1 is 1.09 bits per heavy atom. The Balaban J connectivity index is 1.91. The molecule has 0 N–H and O–H groups in total. The summed E-state index contributed by atoms with van der Waals surface area (Å²) < 4.78 is 5.04. The van der Waals surface area contributed by atoms with Crippen molar-refractivity contribution < 1.29 is 9.53 Å². The van der Waals surface area contributed by atoms with Gasteiger partial charge in [0.05, 0.1) is 17.9 Å². The zero-order valence-corrected chi connectivity index (χ0v) is 13.0. The van der Waals surface area contributed by atoms with Gasteiger partial charge in [-0.15, -0.1) is 11.3 Å². The van der Waals surface area contributed by atoms with Gasteiger partial charge in [0.15, 0.2) is 0 Å². The van der Waals surface area contributed by atoms with Gasteiger partial charge in [-0.2, -0.15) is 0 Å². The highest BCUT2D eigenvalue weighted by atomic mass is 32.1. The molecule has 0 unspecified atom stereocenters. The molecule has 0 aliphatic carbocycles. The van der Waals surface area contributed by atoms with E-state index in [4.69, 9.17) is 4.74 Å². The molecule has 0 saturated heterocycles. The Morgan fingerprint density at radius 3 is 2.64 bits per heavy atom. The molecule has 4 heteroatoms. The van der Waals surface area contributed by atoms with Gasteiger partial charge in [0.1, 0.15) is 5.01 Å². The van der Waals surface area contributed by atoms with Crippen LogP contribution in [0.3, 0.4) is 0 Å². The van der Waals surface area contributed by atoms with Crippen LogP contribution in [0.15, 0.2) is 60.0 Å². The highest BCUT2D eigenvalue weighted by molar-refractivity contribution is 7.13. The fourth-order valence-electron chi connectivity index (χ4n) is 2.14. The second-order valence-corrected chi connectivity index (χ2v) is 5.56. The van der Waals surface area contributed by atoms with Gasteiger partial charge in [-0.3, -0.25) is 0 Å². The van der Waals surface area contributed by atoms with Crippen molar-refractivity contribution in [2.75, 3.05) is 6.61 Å². The van der Waals surface area contributed by atoms with Gasteiger partial charge in [-0.05, 0) is 19.1 Å². The average molecular weight is 309 g/mol. The largest absolute Gasteiger partial charge is 0.462 e. The summed E-state index contributed by atoms with van der Waals surface area (Å²) in [5.74, 6) is -0.303. The first-order valence-electron chi connectivity index (χ1n) is 7.06. The van der Waals surface area contributed by atoms with Crippen LogP contribution in [0.5, 0.6) is 0 Å². The van der Waals surface area contributed by atoms with E-state index in [9.17, 15) is 4.79 Å². The first-order chi connectivity index (χ1) is 10.8. The minimum Gasteiger partial charge on any atom is -0.462 e. The lowest BCUT2D eigenvalue weighted by molar-refractivity contribution is 0.0526. The van der Waals surface area contributed by atoms with Crippen LogP contribution in [0.2, 0.25) is 0 Å². The molecule has 0 saturated carbocycles. The fourth-order valence-corrected chi connectivity index (χ4v) is 2.97. The lowest BCUT2D eigenvalue weighted by atomic mass is 10.1.